The zero-order valence-electron chi connectivity index (χ0n) is 10.5. The van der Waals surface area contributed by atoms with Crippen molar-refractivity contribution in [3.63, 3.8) is 0 Å². The molecule has 17 heavy (non-hydrogen) atoms. The van der Waals surface area contributed by atoms with E-state index in [-0.39, 0.29) is 0 Å². The molecule has 0 spiro atoms. The number of aliphatic imine (C=N–C) groups is 1. The fourth-order valence-electron chi connectivity index (χ4n) is 1.29. The van der Waals surface area contributed by atoms with E-state index in [1.807, 2.05) is 24.9 Å². The van der Waals surface area contributed by atoms with Crippen molar-refractivity contribution in [3.8, 4) is 0 Å². The molecule has 0 atom stereocenters. The second kappa shape index (κ2) is 6.87. The Morgan fingerprint density at radius 3 is 2.94 bits per heavy atom. The first kappa shape index (κ1) is 13.5. The largest absolute Gasteiger partial charge is 0.383 e. The Kier molecular flexibility index (Phi) is 5.44. The van der Waals surface area contributed by atoms with Gasteiger partial charge < -0.3 is 10.1 Å². The number of nitrogens with one attached hydrogen (secondary N) is 2. The molecule has 0 saturated carbocycles. The van der Waals surface area contributed by atoms with Gasteiger partial charge in [-0.3, -0.25) is 10.1 Å². The summed E-state index contributed by atoms with van der Waals surface area (Å²) < 4.78 is 6.74. The fraction of sp³-hybridized carbons (Fsp3) is 0.600. The number of rotatable bonds is 5. The van der Waals surface area contributed by atoms with Crippen LogP contribution in [-0.2, 0) is 18.3 Å². The molecule has 0 saturated heterocycles. The van der Waals surface area contributed by atoms with Crippen molar-refractivity contribution in [1.82, 2.24) is 20.5 Å². The van der Waals surface area contributed by atoms with Crippen LogP contribution < -0.4 is 16.6 Å². The highest BCUT2D eigenvalue weighted by Crippen LogP contribution is 2.06. The van der Waals surface area contributed by atoms with Crippen LogP contribution in [0.4, 0.5) is 0 Å². The molecular formula is C10H20N6O. The van der Waals surface area contributed by atoms with Gasteiger partial charge in [0.05, 0.1) is 19.3 Å². The van der Waals surface area contributed by atoms with Gasteiger partial charge in [0, 0.05) is 32.0 Å². The van der Waals surface area contributed by atoms with E-state index in [1.165, 1.54) is 0 Å². The minimum atomic E-state index is 0.541. The van der Waals surface area contributed by atoms with Gasteiger partial charge in [0.15, 0.2) is 0 Å². The minimum Gasteiger partial charge on any atom is -0.383 e. The lowest BCUT2D eigenvalue weighted by atomic mass is 10.3. The monoisotopic (exact) mass is 240 g/mol. The van der Waals surface area contributed by atoms with Crippen molar-refractivity contribution in [3.05, 3.63) is 17.5 Å². The van der Waals surface area contributed by atoms with Crippen molar-refractivity contribution in [2.45, 2.75) is 13.5 Å². The molecule has 7 nitrogen and oxygen atoms in total. The second-order valence-electron chi connectivity index (χ2n) is 3.61. The van der Waals surface area contributed by atoms with Crippen LogP contribution in [0.5, 0.6) is 0 Å². The molecule has 0 aliphatic heterocycles. The van der Waals surface area contributed by atoms with Gasteiger partial charge >= 0.3 is 0 Å². The highest BCUT2D eigenvalue weighted by molar-refractivity contribution is 5.79. The van der Waals surface area contributed by atoms with Gasteiger partial charge in [0.1, 0.15) is 0 Å². The zero-order chi connectivity index (χ0) is 12.7. The van der Waals surface area contributed by atoms with Crippen LogP contribution in [0.1, 0.15) is 11.3 Å². The Morgan fingerprint density at radius 2 is 2.41 bits per heavy atom. The lowest BCUT2D eigenvalue weighted by Gasteiger charge is -2.08. The van der Waals surface area contributed by atoms with E-state index in [4.69, 9.17) is 10.6 Å². The fourth-order valence-corrected chi connectivity index (χ4v) is 1.29. The molecule has 0 radical (unpaired) electrons. The van der Waals surface area contributed by atoms with Crippen LogP contribution in [0, 0.1) is 6.92 Å². The Labute approximate surface area is 101 Å². The van der Waals surface area contributed by atoms with Gasteiger partial charge in [0.2, 0.25) is 5.96 Å². The number of aromatic nitrogens is 2. The molecule has 4 N–H and O–H groups in total. The van der Waals surface area contributed by atoms with Crippen molar-refractivity contribution < 1.29 is 4.74 Å². The topological polar surface area (TPSA) is 89.5 Å². The molecule has 1 rings (SSSR count). The predicted octanol–water partition coefficient (Wildman–Crippen LogP) is -0.716. The molecule has 1 heterocycles. The maximum Gasteiger partial charge on any atom is 0.206 e. The standard InChI is InChI=1S/C10H20N6O/c1-8-9(7-14-16(8)2)6-13-10(15-11)12-4-5-17-3/h7H,4-6,11H2,1-3H3,(H2,12,13,15). The summed E-state index contributed by atoms with van der Waals surface area (Å²) in [5.74, 6) is 5.90. The summed E-state index contributed by atoms with van der Waals surface area (Å²) in [6.45, 7) is 3.81. The molecule has 0 aromatic carbocycles. The molecule has 0 bridgehead atoms. The van der Waals surface area contributed by atoms with Crippen LogP contribution in [0.15, 0.2) is 11.2 Å². The van der Waals surface area contributed by atoms with Crippen molar-refractivity contribution in [2.75, 3.05) is 20.3 Å². The maximum atomic E-state index is 5.36. The van der Waals surface area contributed by atoms with Crippen LogP contribution in [0.25, 0.3) is 0 Å². The minimum absolute atomic E-state index is 0.541. The van der Waals surface area contributed by atoms with Crippen LogP contribution >= 0.6 is 0 Å². The summed E-state index contributed by atoms with van der Waals surface area (Å²) in [5, 5.41) is 7.18. The van der Waals surface area contributed by atoms with E-state index in [2.05, 4.69) is 20.8 Å². The van der Waals surface area contributed by atoms with Crippen LogP contribution in [0.2, 0.25) is 0 Å². The number of nitrogens with zero attached hydrogens (tertiary/aromatic N) is 3. The highest BCUT2D eigenvalue weighted by atomic mass is 16.5. The Bertz CT molecular complexity index is 373. The number of guanidine groups is 1. The molecular weight excluding hydrogens is 220 g/mol. The van der Waals surface area contributed by atoms with Crippen molar-refractivity contribution in [2.24, 2.45) is 17.9 Å². The lowest BCUT2D eigenvalue weighted by molar-refractivity contribution is 0.203. The lowest BCUT2D eigenvalue weighted by Crippen LogP contribution is -2.42. The van der Waals surface area contributed by atoms with Gasteiger partial charge in [-0.15, -0.1) is 0 Å². The van der Waals surface area contributed by atoms with Gasteiger partial charge in [-0.05, 0) is 6.92 Å². The van der Waals surface area contributed by atoms with E-state index >= 15 is 0 Å². The predicted molar refractivity (Wildman–Crippen MR) is 66.3 cm³/mol. The SMILES string of the molecule is COCCNC(=NCc1cnn(C)c1C)NN. The third kappa shape index (κ3) is 4.04. The molecule has 7 heteroatoms. The summed E-state index contributed by atoms with van der Waals surface area (Å²) in [7, 11) is 3.55. The van der Waals surface area contributed by atoms with E-state index in [0.717, 1.165) is 11.3 Å². The number of nitrogens with two attached hydrogens (primary N) is 1. The number of hydrogen-bond donors (Lipinski definition) is 3. The molecule has 1 aromatic heterocycles. The number of hydrazine groups is 1. The average Bonchev–Trinajstić information content (AvgIpc) is 2.65. The summed E-state index contributed by atoms with van der Waals surface area (Å²) in [6, 6.07) is 0. The van der Waals surface area contributed by atoms with Gasteiger partial charge in [-0.1, -0.05) is 0 Å². The average molecular weight is 240 g/mol. The van der Waals surface area contributed by atoms with Crippen molar-refractivity contribution in [1.29, 1.82) is 0 Å². The van der Waals surface area contributed by atoms with E-state index < -0.39 is 0 Å². The number of hydrogen-bond acceptors (Lipinski definition) is 4. The van der Waals surface area contributed by atoms with Gasteiger partial charge in [0.25, 0.3) is 0 Å². The highest BCUT2D eigenvalue weighted by Gasteiger charge is 2.03. The van der Waals surface area contributed by atoms with E-state index in [1.54, 1.807) is 7.11 Å². The zero-order valence-corrected chi connectivity index (χ0v) is 10.5. The van der Waals surface area contributed by atoms with Crippen molar-refractivity contribution >= 4 is 5.96 Å². The third-order valence-corrected chi connectivity index (χ3v) is 2.48. The summed E-state index contributed by atoms with van der Waals surface area (Å²) in [4.78, 5) is 4.32. The summed E-state index contributed by atoms with van der Waals surface area (Å²) >= 11 is 0. The quantitative estimate of drug-likeness (QED) is 0.208. The van der Waals surface area contributed by atoms with Gasteiger partial charge in [-0.2, -0.15) is 5.10 Å². The molecule has 0 unspecified atom stereocenters. The number of ether oxygens (including phenoxy) is 1. The maximum absolute atomic E-state index is 5.36. The number of aryl methyl sites for hydroxylation is 1. The van der Waals surface area contributed by atoms with Crippen LogP contribution in [-0.4, -0.2) is 36.0 Å². The molecule has 1 aromatic rings. The first-order chi connectivity index (χ1) is 8.19. The molecule has 0 amide bonds. The Morgan fingerprint density at radius 1 is 1.65 bits per heavy atom. The number of methoxy groups -OCH3 is 1. The summed E-state index contributed by atoms with van der Waals surface area (Å²) in [6.07, 6.45) is 1.81. The molecule has 96 valence electrons. The van der Waals surface area contributed by atoms with Crippen LogP contribution in [0.3, 0.4) is 0 Å². The summed E-state index contributed by atoms with van der Waals surface area (Å²) in [5.41, 5.74) is 4.69. The molecule has 0 fully saturated rings. The van der Waals surface area contributed by atoms with Gasteiger partial charge in [-0.25, -0.2) is 10.8 Å². The third-order valence-electron chi connectivity index (χ3n) is 2.48. The Hall–Kier alpha value is -1.60. The second-order valence-corrected chi connectivity index (χ2v) is 3.61. The Balaban J connectivity index is 2.52. The molecule has 0 aliphatic carbocycles. The smallest absolute Gasteiger partial charge is 0.206 e. The van der Waals surface area contributed by atoms with E-state index in [0.29, 0.717) is 25.7 Å². The normalized spacial score (nSPS) is 11.6. The molecule has 0 aliphatic rings. The van der Waals surface area contributed by atoms with E-state index in [9.17, 15) is 0 Å². The first-order valence-corrected chi connectivity index (χ1v) is 5.40. The first-order valence-electron chi connectivity index (χ1n) is 5.40.